The minimum Gasteiger partial charge on any atom is -0.484 e. The predicted molar refractivity (Wildman–Crippen MR) is 113 cm³/mol. The molecule has 0 saturated heterocycles. The van der Waals surface area contributed by atoms with Gasteiger partial charge in [0.1, 0.15) is 5.75 Å². The van der Waals surface area contributed by atoms with Gasteiger partial charge >= 0.3 is 0 Å². The molecule has 0 fully saturated rings. The standard InChI is InChI=1S/C21H26ClN3O3/c1-4-25(5-2)13-20(26)24-19-11-8-17(12-15(19)3)23-21(27)14-28-18-9-6-16(22)7-10-18/h6-12H,4-5,13-14H2,1-3H3,(H,23,27)(H,24,26). The van der Waals surface area contributed by atoms with E-state index < -0.39 is 0 Å². The maximum atomic E-state index is 12.1. The van der Waals surface area contributed by atoms with Gasteiger partial charge in [0.15, 0.2) is 6.61 Å². The third kappa shape index (κ3) is 6.87. The fourth-order valence-corrected chi connectivity index (χ4v) is 2.72. The summed E-state index contributed by atoms with van der Waals surface area (Å²) >= 11 is 5.82. The molecule has 7 heteroatoms. The number of carbonyl (C=O) groups excluding carboxylic acids is 2. The molecule has 6 nitrogen and oxygen atoms in total. The van der Waals surface area contributed by atoms with E-state index in [0.717, 1.165) is 24.3 Å². The number of nitrogens with zero attached hydrogens (tertiary/aromatic N) is 1. The van der Waals surface area contributed by atoms with Crippen LogP contribution >= 0.6 is 11.6 Å². The lowest BCUT2D eigenvalue weighted by Crippen LogP contribution is -2.33. The van der Waals surface area contributed by atoms with Crippen LogP contribution in [0.5, 0.6) is 5.75 Å². The second-order valence-electron chi connectivity index (χ2n) is 6.33. The van der Waals surface area contributed by atoms with Gasteiger partial charge in [0.05, 0.1) is 6.54 Å². The molecule has 2 aromatic rings. The molecule has 0 aromatic heterocycles. The third-order valence-corrected chi connectivity index (χ3v) is 4.48. The Bertz CT molecular complexity index is 805. The molecule has 2 aromatic carbocycles. The van der Waals surface area contributed by atoms with Gasteiger partial charge in [-0.3, -0.25) is 14.5 Å². The van der Waals surface area contributed by atoms with Crippen LogP contribution in [-0.2, 0) is 9.59 Å². The summed E-state index contributed by atoms with van der Waals surface area (Å²) in [6.07, 6.45) is 0. The normalized spacial score (nSPS) is 10.6. The Morgan fingerprint density at radius 3 is 2.29 bits per heavy atom. The highest BCUT2D eigenvalue weighted by atomic mass is 35.5. The van der Waals surface area contributed by atoms with E-state index in [4.69, 9.17) is 16.3 Å². The number of ether oxygens (including phenoxy) is 1. The first-order valence-corrected chi connectivity index (χ1v) is 9.60. The first kappa shape index (κ1) is 21.7. The van der Waals surface area contributed by atoms with Gasteiger partial charge in [-0.25, -0.2) is 0 Å². The van der Waals surface area contributed by atoms with Crippen LogP contribution in [0.2, 0.25) is 5.02 Å². The van der Waals surface area contributed by atoms with E-state index in [0.29, 0.717) is 23.0 Å². The van der Waals surface area contributed by atoms with Crippen molar-refractivity contribution in [2.24, 2.45) is 0 Å². The van der Waals surface area contributed by atoms with Crippen LogP contribution < -0.4 is 15.4 Å². The predicted octanol–water partition coefficient (Wildman–Crippen LogP) is 3.95. The van der Waals surface area contributed by atoms with Crippen molar-refractivity contribution in [2.75, 3.05) is 36.9 Å². The fraction of sp³-hybridized carbons (Fsp3) is 0.333. The van der Waals surface area contributed by atoms with Crippen LogP contribution in [0.4, 0.5) is 11.4 Å². The van der Waals surface area contributed by atoms with Gasteiger partial charge in [-0.2, -0.15) is 0 Å². The first-order valence-electron chi connectivity index (χ1n) is 9.22. The summed E-state index contributed by atoms with van der Waals surface area (Å²) in [5.41, 5.74) is 2.24. The van der Waals surface area contributed by atoms with E-state index in [1.165, 1.54) is 0 Å². The average molecular weight is 404 g/mol. The number of hydrogen-bond donors (Lipinski definition) is 2. The SMILES string of the molecule is CCN(CC)CC(=O)Nc1ccc(NC(=O)COc2ccc(Cl)cc2)cc1C. The Morgan fingerprint density at radius 2 is 1.68 bits per heavy atom. The smallest absolute Gasteiger partial charge is 0.262 e. The monoisotopic (exact) mass is 403 g/mol. The molecule has 150 valence electrons. The highest BCUT2D eigenvalue weighted by molar-refractivity contribution is 6.30. The van der Waals surface area contributed by atoms with Crippen LogP contribution in [0.1, 0.15) is 19.4 Å². The Balaban J connectivity index is 1.87. The number of likely N-dealkylation sites (N-methyl/N-ethyl adjacent to an activating group) is 1. The zero-order valence-electron chi connectivity index (χ0n) is 16.4. The zero-order valence-corrected chi connectivity index (χ0v) is 17.2. The van der Waals surface area contributed by atoms with Crippen molar-refractivity contribution < 1.29 is 14.3 Å². The van der Waals surface area contributed by atoms with Crippen molar-refractivity contribution in [1.29, 1.82) is 0 Å². The molecule has 0 radical (unpaired) electrons. The van der Waals surface area contributed by atoms with Crippen LogP contribution in [0.3, 0.4) is 0 Å². The minimum absolute atomic E-state index is 0.0556. The maximum absolute atomic E-state index is 12.1. The highest BCUT2D eigenvalue weighted by Gasteiger charge is 2.10. The van der Waals surface area contributed by atoms with E-state index in [9.17, 15) is 9.59 Å². The molecule has 2 amide bonds. The van der Waals surface area contributed by atoms with Crippen molar-refractivity contribution in [3.05, 3.63) is 53.1 Å². The number of amides is 2. The van der Waals surface area contributed by atoms with Crippen molar-refractivity contribution >= 4 is 34.8 Å². The number of benzene rings is 2. The van der Waals surface area contributed by atoms with Gasteiger partial charge < -0.3 is 15.4 Å². The lowest BCUT2D eigenvalue weighted by molar-refractivity contribution is -0.118. The maximum Gasteiger partial charge on any atom is 0.262 e. The van der Waals surface area contributed by atoms with Crippen LogP contribution in [-0.4, -0.2) is 43.0 Å². The Kier molecular flexibility index (Phi) is 8.29. The molecule has 0 saturated carbocycles. The van der Waals surface area contributed by atoms with Crippen LogP contribution in [0.15, 0.2) is 42.5 Å². The number of nitrogens with one attached hydrogen (secondary N) is 2. The van der Waals surface area contributed by atoms with Crippen molar-refractivity contribution in [1.82, 2.24) is 4.90 Å². The van der Waals surface area contributed by atoms with Crippen LogP contribution in [0.25, 0.3) is 0 Å². The first-order chi connectivity index (χ1) is 13.4. The molecule has 0 aliphatic heterocycles. The van der Waals surface area contributed by atoms with E-state index >= 15 is 0 Å². The quantitative estimate of drug-likeness (QED) is 0.665. The molecule has 0 bridgehead atoms. The molecule has 0 aliphatic rings. The topological polar surface area (TPSA) is 70.7 Å². The summed E-state index contributed by atoms with van der Waals surface area (Å²) in [7, 11) is 0. The van der Waals surface area contributed by atoms with Gasteiger partial charge in [-0.15, -0.1) is 0 Å². The molecule has 28 heavy (non-hydrogen) atoms. The lowest BCUT2D eigenvalue weighted by atomic mass is 10.1. The van der Waals surface area contributed by atoms with Crippen molar-refractivity contribution in [2.45, 2.75) is 20.8 Å². The van der Waals surface area contributed by atoms with Gasteiger partial charge in [0.25, 0.3) is 5.91 Å². The van der Waals surface area contributed by atoms with Gasteiger partial charge in [-0.05, 0) is 68.0 Å². The average Bonchev–Trinajstić information content (AvgIpc) is 2.68. The number of aryl methyl sites for hydroxylation is 1. The number of rotatable bonds is 9. The molecule has 2 N–H and O–H groups in total. The molecular weight excluding hydrogens is 378 g/mol. The van der Waals surface area contributed by atoms with E-state index in [-0.39, 0.29) is 18.4 Å². The largest absolute Gasteiger partial charge is 0.484 e. The Labute approximate surface area is 170 Å². The summed E-state index contributed by atoms with van der Waals surface area (Å²) in [4.78, 5) is 26.3. The van der Waals surface area contributed by atoms with E-state index in [1.807, 2.05) is 31.7 Å². The second-order valence-corrected chi connectivity index (χ2v) is 6.77. The summed E-state index contributed by atoms with van der Waals surface area (Å²) in [5, 5.41) is 6.30. The molecule has 0 heterocycles. The van der Waals surface area contributed by atoms with Gasteiger partial charge in [0.2, 0.25) is 5.91 Å². The zero-order chi connectivity index (χ0) is 20.5. The van der Waals surface area contributed by atoms with Crippen LogP contribution in [0, 0.1) is 6.92 Å². The Morgan fingerprint density at radius 1 is 1.00 bits per heavy atom. The molecule has 0 aliphatic carbocycles. The van der Waals surface area contributed by atoms with Crippen molar-refractivity contribution in [3.8, 4) is 5.75 Å². The summed E-state index contributed by atoms with van der Waals surface area (Å²) in [5.74, 6) is 0.245. The summed E-state index contributed by atoms with van der Waals surface area (Å²) in [6.45, 7) is 7.83. The minimum atomic E-state index is -0.271. The Hall–Kier alpha value is -2.57. The fourth-order valence-electron chi connectivity index (χ4n) is 2.60. The third-order valence-electron chi connectivity index (χ3n) is 4.23. The number of hydrogen-bond acceptors (Lipinski definition) is 4. The van der Waals surface area contributed by atoms with E-state index in [2.05, 4.69) is 10.6 Å². The number of anilines is 2. The molecule has 0 atom stereocenters. The second kappa shape index (κ2) is 10.7. The number of halogens is 1. The summed E-state index contributed by atoms with van der Waals surface area (Å²) in [6, 6.07) is 12.2. The molecular formula is C21H26ClN3O3. The number of carbonyl (C=O) groups is 2. The van der Waals surface area contributed by atoms with Crippen molar-refractivity contribution in [3.63, 3.8) is 0 Å². The summed E-state index contributed by atoms with van der Waals surface area (Å²) < 4.78 is 5.43. The highest BCUT2D eigenvalue weighted by Crippen LogP contribution is 2.20. The van der Waals surface area contributed by atoms with Gasteiger partial charge in [-0.1, -0.05) is 25.4 Å². The van der Waals surface area contributed by atoms with E-state index in [1.54, 1.807) is 36.4 Å². The van der Waals surface area contributed by atoms with Gasteiger partial charge in [0, 0.05) is 16.4 Å². The molecule has 0 spiro atoms. The molecule has 2 rings (SSSR count). The lowest BCUT2D eigenvalue weighted by Gasteiger charge is -2.18. The molecule has 0 unspecified atom stereocenters.